The summed E-state index contributed by atoms with van der Waals surface area (Å²) in [7, 11) is 0. The quantitative estimate of drug-likeness (QED) is 0.351. The topological polar surface area (TPSA) is 120 Å². The molecule has 0 aromatic rings. The van der Waals surface area contributed by atoms with Crippen molar-refractivity contribution in [1.82, 2.24) is 6.15 Å². The van der Waals surface area contributed by atoms with Gasteiger partial charge in [-0.1, -0.05) is 0 Å². The molecule has 0 rings (SSSR count). The molecule has 0 heterocycles. The minimum Gasteiger partial charge on any atom is -0.525 e. The summed E-state index contributed by atoms with van der Waals surface area (Å²) in [5.74, 6) is 4.86. The average molecular weight is 435 g/mol. The Hall–Kier alpha value is 0.383. The predicted octanol–water partition coefficient (Wildman–Crippen LogP) is 1.62. The van der Waals surface area contributed by atoms with E-state index < -0.39 is 0 Å². The number of carbonyl (C=O) groups excluding carboxylic acids is 5. The summed E-state index contributed by atoms with van der Waals surface area (Å²) in [5, 5.41) is 0. The molecule has 0 bridgehead atoms. The van der Waals surface area contributed by atoms with E-state index in [2.05, 4.69) is 58.0 Å². The van der Waals surface area contributed by atoms with Gasteiger partial charge in [-0.15, -0.1) is 0 Å². The number of hydrogen-bond donors (Lipinski definition) is 1. The van der Waals surface area contributed by atoms with Crippen LogP contribution in [-0.2, 0) is 43.5 Å². The van der Waals surface area contributed by atoms with E-state index in [1.54, 1.807) is 0 Å². The monoisotopic (exact) mass is 434 g/mol. The molecule has 0 spiro atoms. The third-order valence-corrected chi connectivity index (χ3v) is 0. The standard InChI is InChI=1S/5CClO.H3N.Ru/c5*2-1-3;;/h;;;;;1H3;/q5*-1;;+5. The summed E-state index contributed by atoms with van der Waals surface area (Å²) in [5.41, 5.74) is 0. The van der Waals surface area contributed by atoms with Gasteiger partial charge in [0.05, 0.1) is 0 Å². The molecule has 0 aromatic heterocycles. The molecular weight excluding hydrogens is 432 g/mol. The minimum absolute atomic E-state index is 0. The summed E-state index contributed by atoms with van der Waals surface area (Å²) in [6.07, 6.45) is 0. The Morgan fingerprint density at radius 1 is 0.471 bits per heavy atom. The van der Waals surface area contributed by atoms with Crippen molar-refractivity contribution in [3.63, 3.8) is 0 Å². The Kier molecular flexibility index (Phi) is 341. The predicted molar refractivity (Wildman–Crippen MR) is 62.8 cm³/mol. The third kappa shape index (κ3) is 23100. The Bertz CT molecular complexity index is 107. The second-order valence-electron chi connectivity index (χ2n) is 0.386. The molecule has 17 heavy (non-hydrogen) atoms. The summed E-state index contributed by atoms with van der Waals surface area (Å²) in [4.78, 5) is 42.2. The Morgan fingerprint density at radius 2 is 0.471 bits per heavy atom. The van der Waals surface area contributed by atoms with Crippen LogP contribution in [-0.4, -0.2) is 28.7 Å². The minimum atomic E-state index is 0. The molecule has 0 aliphatic carbocycles. The smallest absolute Gasteiger partial charge is 0.525 e. The summed E-state index contributed by atoms with van der Waals surface area (Å²) in [6, 6.07) is 0. The zero-order chi connectivity index (χ0) is 13.5. The molecule has 1 radical (unpaired) electrons. The van der Waals surface area contributed by atoms with E-state index in [1.807, 2.05) is 0 Å². The molecule has 0 fully saturated rings. The Balaban J connectivity index is -0.0000000143. The van der Waals surface area contributed by atoms with Gasteiger partial charge in [0.2, 0.25) is 0 Å². The van der Waals surface area contributed by atoms with Gasteiger partial charge in [0, 0.05) is 0 Å². The van der Waals surface area contributed by atoms with Crippen LogP contribution >= 0.6 is 58.0 Å². The van der Waals surface area contributed by atoms with E-state index in [0.717, 1.165) is 28.7 Å². The van der Waals surface area contributed by atoms with Gasteiger partial charge in [-0.2, -0.15) is 28.7 Å². The molecule has 3 N–H and O–H groups in total. The molecule has 0 aliphatic rings. The Morgan fingerprint density at radius 3 is 0.471 bits per heavy atom. The van der Waals surface area contributed by atoms with Gasteiger partial charge in [-0.3, -0.25) is 0 Å². The average Bonchev–Trinajstić information content (AvgIpc) is 2.09. The second kappa shape index (κ2) is 134. The largest absolute Gasteiger partial charge is 5.00 e. The van der Waals surface area contributed by atoms with Crippen molar-refractivity contribution in [1.29, 1.82) is 0 Å². The van der Waals surface area contributed by atoms with Crippen LogP contribution < -0.4 is 6.15 Å². The molecule has 0 atom stereocenters. The van der Waals surface area contributed by atoms with Crippen molar-refractivity contribution in [2.45, 2.75) is 0 Å². The first kappa shape index (κ1) is 43.3. The van der Waals surface area contributed by atoms with Crippen molar-refractivity contribution < 1.29 is 43.5 Å². The summed E-state index contributed by atoms with van der Waals surface area (Å²) in [6.45, 7) is 0. The number of rotatable bonds is 0. The van der Waals surface area contributed by atoms with Gasteiger partial charge >= 0.3 is 19.5 Å². The zero-order valence-electron chi connectivity index (χ0n) is 7.49. The number of hydrogen-bond acceptors (Lipinski definition) is 6. The van der Waals surface area contributed by atoms with Crippen LogP contribution in [0.1, 0.15) is 0 Å². The molecule has 0 unspecified atom stereocenters. The van der Waals surface area contributed by atoms with Gasteiger partial charge < -0.3 is 88.1 Å². The SMILES string of the molecule is N.O=[C-]Cl.O=[C-]Cl.O=[C-]Cl.O=[C-]Cl.O=[C-]Cl.[Ru+5]. The zero-order valence-corrected chi connectivity index (χ0v) is 13.0. The van der Waals surface area contributed by atoms with E-state index in [0.29, 0.717) is 0 Å². The van der Waals surface area contributed by atoms with Crippen LogP contribution in [0, 0.1) is 0 Å². The van der Waals surface area contributed by atoms with Crippen LogP contribution in [0.25, 0.3) is 0 Å². The molecule has 101 valence electrons. The van der Waals surface area contributed by atoms with E-state index in [1.165, 1.54) is 0 Å². The normalized spacial score (nSPS) is 3.82. The molecule has 0 saturated carbocycles. The van der Waals surface area contributed by atoms with E-state index in [-0.39, 0.29) is 25.6 Å². The first-order valence-electron chi connectivity index (χ1n) is 1.97. The summed E-state index contributed by atoms with van der Waals surface area (Å²) < 4.78 is 0. The van der Waals surface area contributed by atoms with E-state index in [4.69, 9.17) is 24.0 Å². The fourth-order valence-electron chi connectivity index (χ4n) is 0. The van der Waals surface area contributed by atoms with Crippen molar-refractivity contribution in [2.75, 3.05) is 0 Å². The van der Waals surface area contributed by atoms with Crippen LogP contribution in [0.5, 0.6) is 0 Å². The Labute approximate surface area is 136 Å². The maximum absolute atomic E-state index is 8.45. The second-order valence-corrected chi connectivity index (χ2v) is 1.16. The summed E-state index contributed by atoms with van der Waals surface area (Å²) >= 11 is 21.0. The van der Waals surface area contributed by atoms with Crippen molar-refractivity contribution >= 4 is 86.7 Å². The molecular formula is C5H3Cl5NO5Ru. The fraction of sp³-hybridized carbons (Fsp3) is 0. The van der Waals surface area contributed by atoms with Crippen LogP contribution in [0.3, 0.4) is 0 Å². The van der Waals surface area contributed by atoms with Crippen LogP contribution in [0.15, 0.2) is 0 Å². The first-order valence-corrected chi connectivity index (χ1v) is 3.86. The number of halogens is 5. The van der Waals surface area contributed by atoms with Gasteiger partial charge in [0.25, 0.3) is 0 Å². The molecule has 0 saturated heterocycles. The molecule has 0 aliphatic heterocycles. The molecule has 0 aromatic carbocycles. The van der Waals surface area contributed by atoms with Gasteiger partial charge in [-0.05, 0) is 0 Å². The van der Waals surface area contributed by atoms with Crippen molar-refractivity contribution in [3.8, 4) is 0 Å². The van der Waals surface area contributed by atoms with Crippen LogP contribution in [0.2, 0.25) is 0 Å². The van der Waals surface area contributed by atoms with Crippen LogP contribution in [0.4, 0.5) is 0 Å². The van der Waals surface area contributed by atoms with Gasteiger partial charge in [-0.25, -0.2) is 0 Å². The van der Waals surface area contributed by atoms with E-state index >= 15 is 0 Å². The van der Waals surface area contributed by atoms with E-state index in [9.17, 15) is 0 Å². The van der Waals surface area contributed by atoms with Crippen molar-refractivity contribution in [3.05, 3.63) is 0 Å². The van der Waals surface area contributed by atoms with Gasteiger partial charge in [0.1, 0.15) is 0 Å². The first-order chi connectivity index (χ1) is 7.07. The maximum Gasteiger partial charge on any atom is 5.00 e. The molecule has 12 heteroatoms. The van der Waals surface area contributed by atoms with Gasteiger partial charge in [0.15, 0.2) is 0 Å². The van der Waals surface area contributed by atoms with Crippen molar-refractivity contribution in [2.24, 2.45) is 0 Å². The third-order valence-electron chi connectivity index (χ3n) is 0. The maximum atomic E-state index is 8.45. The fourth-order valence-corrected chi connectivity index (χ4v) is 0. The molecule has 6 nitrogen and oxygen atoms in total. The molecule has 0 amide bonds.